The molecular weight excluding hydrogens is 301 g/mol. The minimum atomic E-state index is -0.472. The molecule has 0 radical (unpaired) electrons. The number of nitrogens with two attached hydrogens (primary N) is 1. The van der Waals surface area contributed by atoms with Crippen LogP contribution >= 0.6 is 23.2 Å². The van der Waals surface area contributed by atoms with E-state index in [0.717, 1.165) is 12.0 Å². The molecule has 0 saturated carbocycles. The number of nitrogens with one attached hydrogen (secondary N) is 1. The first-order valence-electron chi connectivity index (χ1n) is 6.18. The fourth-order valence-corrected chi connectivity index (χ4v) is 2.05. The fourth-order valence-electron chi connectivity index (χ4n) is 1.73. The molecule has 1 aromatic carbocycles. The lowest BCUT2D eigenvalue weighted by Gasteiger charge is -2.16. The maximum Gasteiger partial charge on any atom is 0.225 e. The molecule has 1 atom stereocenters. The van der Waals surface area contributed by atoms with E-state index in [-0.39, 0.29) is 18.2 Å². The lowest BCUT2D eigenvalue weighted by molar-refractivity contribution is -0.120. The molecule has 0 aliphatic rings. The van der Waals surface area contributed by atoms with Crippen LogP contribution in [0.5, 0.6) is 0 Å². The Bertz CT molecular complexity index is 506. The predicted molar refractivity (Wildman–Crippen MR) is 80.4 cm³/mol. The van der Waals surface area contributed by atoms with Gasteiger partial charge in [0.25, 0.3) is 0 Å². The second-order valence-electron chi connectivity index (χ2n) is 4.36. The van der Waals surface area contributed by atoms with E-state index in [1.54, 1.807) is 18.2 Å². The molecule has 1 aromatic rings. The first-order valence-corrected chi connectivity index (χ1v) is 6.94. The molecule has 0 saturated heterocycles. The van der Waals surface area contributed by atoms with Crippen LogP contribution in [0.3, 0.4) is 0 Å². The zero-order valence-corrected chi connectivity index (χ0v) is 12.6. The molecule has 1 unspecified atom stereocenters. The Hall–Kier alpha value is -1.46. The Morgan fingerprint density at radius 1 is 1.45 bits per heavy atom. The molecule has 1 amide bonds. The van der Waals surface area contributed by atoms with Gasteiger partial charge in [-0.2, -0.15) is 0 Å². The van der Waals surface area contributed by atoms with Gasteiger partial charge in [-0.15, -0.1) is 0 Å². The van der Waals surface area contributed by atoms with E-state index in [9.17, 15) is 4.79 Å². The highest BCUT2D eigenvalue weighted by molar-refractivity contribution is 6.42. The lowest BCUT2D eigenvalue weighted by atomic mass is 10.1. The summed E-state index contributed by atoms with van der Waals surface area (Å²) in [7, 11) is 0. The Balaban J connectivity index is 2.67. The summed E-state index contributed by atoms with van der Waals surface area (Å²) < 4.78 is 0. The van der Waals surface area contributed by atoms with Gasteiger partial charge < -0.3 is 16.3 Å². The largest absolute Gasteiger partial charge is 0.409 e. The summed E-state index contributed by atoms with van der Waals surface area (Å²) >= 11 is 11.7. The molecule has 0 aromatic heterocycles. The van der Waals surface area contributed by atoms with Crippen molar-refractivity contribution in [3.63, 3.8) is 0 Å². The van der Waals surface area contributed by atoms with E-state index in [1.165, 1.54) is 0 Å². The third-order valence-electron chi connectivity index (χ3n) is 2.73. The number of carbonyl (C=O) groups is 1. The van der Waals surface area contributed by atoms with E-state index in [2.05, 4.69) is 10.5 Å². The Labute approximate surface area is 127 Å². The van der Waals surface area contributed by atoms with Gasteiger partial charge in [0.05, 0.1) is 22.5 Å². The van der Waals surface area contributed by atoms with Crippen molar-refractivity contribution in [1.82, 2.24) is 5.32 Å². The van der Waals surface area contributed by atoms with E-state index in [0.29, 0.717) is 16.5 Å². The van der Waals surface area contributed by atoms with Crippen LogP contribution in [0, 0.1) is 0 Å². The highest BCUT2D eigenvalue weighted by Crippen LogP contribution is 2.22. The van der Waals surface area contributed by atoms with Gasteiger partial charge in [-0.3, -0.25) is 4.79 Å². The van der Waals surface area contributed by atoms with Crippen molar-refractivity contribution in [2.75, 3.05) is 0 Å². The van der Waals surface area contributed by atoms with E-state index >= 15 is 0 Å². The Morgan fingerprint density at radius 3 is 2.70 bits per heavy atom. The monoisotopic (exact) mass is 317 g/mol. The topological polar surface area (TPSA) is 87.7 Å². The predicted octanol–water partition coefficient (Wildman–Crippen LogP) is 2.57. The van der Waals surface area contributed by atoms with Gasteiger partial charge in [0.2, 0.25) is 5.91 Å². The molecule has 0 heterocycles. The number of nitrogens with zero attached hydrogens (tertiary/aromatic N) is 1. The molecule has 0 bridgehead atoms. The molecular formula is C13H17Cl2N3O2. The normalized spacial score (nSPS) is 13.1. The maximum atomic E-state index is 11.9. The van der Waals surface area contributed by atoms with Crippen LogP contribution in [-0.2, 0) is 11.2 Å². The summed E-state index contributed by atoms with van der Waals surface area (Å²) in [5.74, 6) is -0.234. The minimum absolute atomic E-state index is 0.00524. The van der Waals surface area contributed by atoms with Gasteiger partial charge in [0, 0.05) is 0 Å². The van der Waals surface area contributed by atoms with Crippen LogP contribution in [0.2, 0.25) is 10.0 Å². The van der Waals surface area contributed by atoms with Crippen LogP contribution in [0.1, 0.15) is 25.3 Å². The summed E-state index contributed by atoms with van der Waals surface area (Å²) in [6.07, 6.45) is 1.55. The number of benzene rings is 1. The van der Waals surface area contributed by atoms with Crippen molar-refractivity contribution < 1.29 is 10.0 Å². The average Bonchev–Trinajstić information content (AvgIpc) is 2.41. The van der Waals surface area contributed by atoms with Gasteiger partial charge in [-0.1, -0.05) is 47.8 Å². The third kappa shape index (κ3) is 4.90. The van der Waals surface area contributed by atoms with E-state index in [4.69, 9.17) is 34.1 Å². The molecule has 0 aliphatic carbocycles. The second-order valence-corrected chi connectivity index (χ2v) is 5.17. The molecule has 1 rings (SSSR count). The molecule has 4 N–H and O–H groups in total. The van der Waals surface area contributed by atoms with Crippen LogP contribution in [-0.4, -0.2) is 23.0 Å². The number of hydrogen-bond acceptors (Lipinski definition) is 3. The van der Waals surface area contributed by atoms with Gasteiger partial charge in [-0.05, 0) is 24.1 Å². The summed E-state index contributed by atoms with van der Waals surface area (Å²) in [6.45, 7) is 1.95. The molecule has 7 heteroatoms. The third-order valence-corrected chi connectivity index (χ3v) is 3.47. The van der Waals surface area contributed by atoms with Gasteiger partial charge >= 0.3 is 0 Å². The molecule has 0 fully saturated rings. The van der Waals surface area contributed by atoms with E-state index < -0.39 is 6.04 Å². The van der Waals surface area contributed by atoms with Gasteiger partial charge in [0.15, 0.2) is 5.84 Å². The number of hydrogen-bond donors (Lipinski definition) is 3. The Kier molecular flexibility index (Phi) is 6.61. The van der Waals surface area contributed by atoms with Crippen molar-refractivity contribution in [3.05, 3.63) is 33.8 Å². The van der Waals surface area contributed by atoms with Crippen molar-refractivity contribution in [1.29, 1.82) is 0 Å². The maximum absolute atomic E-state index is 11.9. The summed E-state index contributed by atoms with van der Waals surface area (Å²) in [5.41, 5.74) is 6.28. The highest BCUT2D eigenvalue weighted by Gasteiger charge is 2.16. The lowest BCUT2D eigenvalue weighted by Crippen LogP contribution is -2.45. The van der Waals surface area contributed by atoms with Crippen molar-refractivity contribution in [2.24, 2.45) is 10.9 Å². The number of amides is 1. The zero-order chi connectivity index (χ0) is 15.1. The van der Waals surface area contributed by atoms with Gasteiger partial charge in [-0.25, -0.2) is 0 Å². The van der Waals surface area contributed by atoms with Crippen LogP contribution in [0.15, 0.2) is 23.4 Å². The molecule has 0 spiro atoms. The number of carbonyl (C=O) groups excluding carboxylic acids is 1. The summed E-state index contributed by atoms with van der Waals surface area (Å²) in [4.78, 5) is 11.9. The van der Waals surface area contributed by atoms with Crippen LogP contribution < -0.4 is 11.1 Å². The van der Waals surface area contributed by atoms with E-state index in [1.807, 2.05) is 6.92 Å². The van der Waals surface area contributed by atoms with Crippen molar-refractivity contribution >= 4 is 34.9 Å². The first kappa shape index (κ1) is 16.6. The van der Waals surface area contributed by atoms with Crippen molar-refractivity contribution in [2.45, 2.75) is 32.2 Å². The number of amidine groups is 1. The van der Waals surface area contributed by atoms with Crippen LogP contribution in [0.25, 0.3) is 0 Å². The highest BCUT2D eigenvalue weighted by atomic mass is 35.5. The van der Waals surface area contributed by atoms with Crippen LogP contribution in [0.4, 0.5) is 0 Å². The summed E-state index contributed by atoms with van der Waals surface area (Å²) in [6, 6.07) is 4.54. The smallest absolute Gasteiger partial charge is 0.225 e. The Morgan fingerprint density at radius 2 is 2.15 bits per heavy atom. The minimum Gasteiger partial charge on any atom is -0.409 e. The molecule has 20 heavy (non-hydrogen) atoms. The second kappa shape index (κ2) is 7.97. The number of halogens is 2. The standard InChI is InChI=1S/C13H17Cl2N3O2/c1-2-3-11(13(16)18-20)17-12(19)7-8-4-5-9(14)10(15)6-8/h4-6,11,20H,2-3,7H2,1H3,(H2,16,18)(H,17,19). The van der Waals surface area contributed by atoms with Gasteiger partial charge in [0.1, 0.15) is 0 Å². The quantitative estimate of drug-likeness (QED) is 0.326. The first-order chi connectivity index (χ1) is 9.47. The van der Waals surface area contributed by atoms with Crippen molar-refractivity contribution in [3.8, 4) is 0 Å². The number of rotatable bonds is 6. The summed E-state index contributed by atoms with van der Waals surface area (Å²) in [5, 5.41) is 15.2. The fraction of sp³-hybridized carbons (Fsp3) is 0.385. The molecule has 5 nitrogen and oxygen atoms in total. The molecule has 110 valence electrons. The molecule has 0 aliphatic heterocycles. The number of oxime groups is 1. The SMILES string of the molecule is CCCC(NC(=O)Cc1ccc(Cl)c(Cl)c1)C(N)=NO. The zero-order valence-electron chi connectivity index (χ0n) is 11.1. The average molecular weight is 318 g/mol.